The van der Waals surface area contributed by atoms with Gasteiger partial charge in [0.05, 0.1) is 17.7 Å². The summed E-state index contributed by atoms with van der Waals surface area (Å²) < 4.78 is 7.84. The molecule has 4 nitrogen and oxygen atoms in total. The van der Waals surface area contributed by atoms with Gasteiger partial charge in [-0.3, -0.25) is 9.69 Å². The summed E-state index contributed by atoms with van der Waals surface area (Å²) in [4.78, 5) is 15.1. The Morgan fingerprint density at radius 2 is 1.96 bits per heavy atom. The summed E-state index contributed by atoms with van der Waals surface area (Å²) in [5.41, 5.74) is 2.85. The number of nitrogens with zero attached hydrogens (tertiary/aromatic N) is 2. The SMILES string of the molecule is COc1cccc(N2C(=O)C(=Cc3cn(C)c4ccccc34)SC2=S)c1. The van der Waals surface area contributed by atoms with Gasteiger partial charge >= 0.3 is 0 Å². The van der Waals surface area contributed by atoms with Crippen molar-refractivity contribution in [1.29, 1.82) is 0 Å². The molecule has 3 aromatic rings. The number of thioether (sulfide) groups is 1. The summed E-state index contributed by atoms with van der Waals surface area (Å²) in [6.07, 6.45) is 3.95. The van der Waals surface area contributed by atoms with Crippen LogP contribution in [0, 0.1) is 0 Å². The number of thiocarbonyl (C=S) groups is 1. The summed E-state index contributed by atoms with van der Waals surface area (Å²) >= 11 is 6.78. The van der Waals surface area contributed by atoms with Gasteiger partial charge in [-0.1, -0.05) is 48.2 Å². The molecule has 2 heterocycles. The number of para-hydroxylation sites is 1. The van der Waals surface area contributed by atoms with Gasteiger partial charge in [0.15, 0.2) is 4.32 Å². The van der Waals surface area contributed by atoms with Crippen LogP contribution in [-0.2, 0) is 11.8 Å². The van der Waals surface area contributed by atoms with Gasteiger partial charge < -0.3 is 9.30 Å². The molecule has 4 rings (SSSR count). The minimum atomic E-state index is -0.110. The van der Waals surface area contributed by atoms with Crippen molar-refractivity contribution < 1.29 is 9.53 Å². The fourth-order valence-electron chi connectivity index (χ4n) is 3.07. The van der Waals surface area contributed by atoms with Crippen LogP contribution in [0.3, 0.4) is 0 Å². The van der Waals surface area contributed by atoms with Crippen LogP contribution in [0.1, 0.15) is 5.56 Å². The summed E-state index contributed by atoms with van der Waals surface area (Å²) in [6.45, 7) is 0. The molecule has 0 N–H and O–H groups in total. The summed E-state index contributed by atoms with van der Waals surface area (Å²) in [7, 11) is 3.60. The van der Waals surface area contributed by atoms with Crippen molar-refractivity contribution in [2.24, 2.45) is 7.05 Å². The molecule has 6 heteroatoms. The molecule has 130 valence electrons. The van der Waals surface area contributed by atoms with Crippen molar-refractivity contribution in [1.82, 2.24) is 4.57 Å². The highest BCUT2D eigenvalue weighted by atomic mass is 32.2. The predicted molar refractivity (Wildman–Crippen MR) is 112 cm³/mol. The first-order valence-corrected chi connectivity index (χ1v) is 9.27. The number of ether oxygens (including phenoxy) is 1. The van der Waals surface area contributed by atoms with E-state index in [0.29, 0.717) is 20.7 Å². The van der Waals surface area contributed by atoms with E-state index >= 15 is 0 Å². The first-order valence-electron chi connectivity index (χ1n) is 8.04. The molecule has 0 atom stereocenters. The van der Waals surface area contributed by atoms with Gasteiger partial charge in [0, 0.05) is 35.8 Å². The van der Waals surface area contributed by atoms with Crippen molar-refractivity contribution >= 4 is 56.9 Å². The molecular weight excluding hydrogens is 364 g/mol. The van der Waals surface area contributed by atoms with E-state index in [1.165, 1.54) is 11.8 Å². The number of rotatable bonds is 3. The smallest absolute Gasteiger partial charge is 0.270 e. The number of aromatic nitrogens is 1. The lowest BCUT2D eigenvalue weighted by Crippen LogP contribution is -2.27. The lowest BCUT2D eigenvalue weighted by atomic mass is 10.1. The minimum absolute atomic E-state index is 0.110. The lowest BCUT2D eigenvalue weighted by molar-refractivity contribution is -0.113. The van der Waals surface area contributed by atoms with Crippen molar-refractivity contribution in [3.05, 3.63) is 65.2 Å². The fraction of sp³-hybridized carbons (Fsp3) is 0.100. The minimum Gasteiger partial charge on any atom is -0.497 e. The Kier molecular flexibility index (Phi) is 4.30. The molecule has 1 aliphatic rings. The number of hydrogen-bond donors (Lipinski definition) is 0. The second kappa shape index (κ2) is 6.63. The van der Waals surface area contributed by atoms with Crippen LogP contribution < -0.4 is 9.64 Å². The number of hydrogen-bond acceptors (Lipinski definition) is 4. The molecule has 2 aromatic carbocycles. The first kappa shape index (κ1) is 16.9. The number of benzene rings is 2. The van der Waals surface area contributed by atoms with Gasteiger partial charge in [-0.15, -0.1) is 0 Å². The Morgan fingerprint density at radius 3 is 2.77 bits per heavy atom. The highest BCUT2D eigenvalue weighted by molar-refractivity contribution is 8.27. The van der Waals surface area contributed by atoms with Gasteiger partial charge in [-0.2, -0.15) is 0 Å². The zero-order valence-electron chi connectivity index (χ0n) is 14.3. The third-order valence-electron chi connectivity index (χ3n) is 4.32. The molecule has 0 unspecified atom stereocenters. The molecule has 1 saturated heterocycles. The highest BCUT2D eigenvalue weighted by Crippen LogP contribution is 2.37. The van der Waals surface area contributed by atoms with E-state index in [-0.39, 0.29) is 5.91 Å². The molecule has 1 aromatic heterocycles. The molecular formula is C20H16N2O2S2. The van der Waals surface area contributed by atoms with E-state index in [4.69, 9.17) is 17.0 Å². The van der Waals surface area contributed by atoms with Crippen molar-refractivity contribution in [3.63, 3.8) is 0 Å². The number of carbonyl (C=O) groups excluding carboxylic acids is 1. The third kappa shape index (κ3) is 2.81. The number of aryl methyl sites for hydroxylation is 1. The second-order valence-corrected chi connectivity index (χ2v) is 7.61. The average Bonchev–Trinajstić information content (AvgIpc) is 3.12. The van der Waals surface area contributed by atoms with Gasteiger partial charge in [-0.05, 0) is 24.3 Å². The van der Waals surface area contributed by atoms with Gasteiger partial charge in [0.2, 0.25) is 0 Å². The van der Waals surface area contributed by atoms with E-state index in [9.17, 15) is 4.79 Å². The number of carbonyl (C=O) groups is 1. The van der Waals surface area contributed by atoms with Gasteiger partial charge in [0.1, 0.15) is 5.75 Å². The Balaban J connectivity index is 1.73. The van der Waals surface area contributed by atoms with Crippen molar-refractivity contribution in [3.8, 4) is 5.75 Å². The van der Waals surface area contributed by atoms with Crippen LogP contribution >= 0.6 is 24.0 Å². The average molecular weight is 380 g/mol. The maximum absolute atomic E-state index is 13.0. The first-order chi connectivity index (χ1) is 12.6. The topological polar surface area (TPSA) is 34.5 Å². The predicted octanol–water partition coefficient (Wildman–Crippen LogP) is 4.59. The van der Waals surface area contributed by atoms with Crippen LogP contribution in [-0.4, -0.2) is 21.9 Å². The van der Waals surface area contributed by atoms with Crippen LogP contribution in [0.25, 0.3) is 17.0 Å². The van der Waals surface area contributed by atoms with Gasteiger partial charge in [-0.25, -0.2) is 0 Å². The van der Waals surface area contributed by atoms with Crippen LogP contribution in [0.2, 0.25) is 0 Å². The summed E-state index contributed by atoms with van der Waals surface area (Å²) in [5.74, 6) is 0.579. The standard InChI is InChI=1S/C20H16N2O2S2/c1-21-12-13(16-8-3-4-9-17(16)21)10-18-19(23)22(20(25)26-18)14-6-5-7-15(11-14)24-2/h3-12H,1-2H3. The van der Waals surface area contributed by atoms with Crippen LogP contribution in [0.4, 0.5) is 5.69 Å². The Labute approximate surface area is 161 Å². The van der Waals surface area contributed by atoms with E-state index in [0.717, 1.165) is 16.5 Å². The molecule has 0 saturated carbocycles. The molecule has 1 aliphatic heterocycles. The largest absolute Gasteiger partial charge is 0.497 e. The molecule has 26 heavy (non-hydrogen) atoms. The molecule has 0 bridgehead atoms. The molecule has 0 radical (unpaired) electrons. The Hall–Kier alpha value is -2.57. The van der Waals surface area contributed by atoms with E-state index < -0.39 is 0 Å². The number of amides is 1. The Morgan fingerprint density at radius 1 is 1.15 bits per heavy atom. The summed E-state index contributed by atoms with van der Waals surface area (Å²) in [6, 6.07) is 15.5. The quantitative estimate of drug-likeness (QED) is 0.492. The fourth-order valence-corrected chi connectivity index (χ4v) is 4.36. The highest BCUT2D eigenvalue weighted by Gasteiger charge is 2.33. The normalized spacial score (nSPS) is 16.1. The molecule has 0 aliphatic carbocycles. The van der Waals surface area contributed by atoms with Crippen molar-refractivity contribution in [2.75, 3.05) is 12.0 Å². The number of anilines is 1. The summed E-state index contributed by atoms with van der Waals surface area (Å²) in [5, 5.41) is 1.11. The van der Waals surface area contributed by atoms with E-state index in [1.807, 2.05) is 55.7 Å². The molecule has 0 spiro atoms. The monoisotopic (exact) mass is 380 g/mol. The van der Waals surface area contributed by atoms with Crippen molar-refractivity contribution in [2.45, 2.75) is 0 Å². The zero-order valence-corrected chi connectivity index (χ0v) is 15.9. The molecule has 1 amide bonds. The maximum Gasteiger partial charge on any atom is 0.270 e. The van der Waals surface area contributed by atoms with Crippen LogP contribution in [0.5, 0.6) is 5.75 Å². The van der Waals surface area contributed by atoms with E-state index in [2.05, 4.69) is 16.7 Å². The molecule has 1 fully saturated rings. The van der Waals surface area contributed by atoms with E-state index in [1.54, 1.807) is 12.0 Å². The third-order valence-corrected chi connectivity index (χ3v) is 5.62. The number of methoxy groups -OCH3 is 1. The Bertz CT molecular complexity index is 1070. The van der Waals surface area contributed by atoms with Gasteiger partial charge in [0.25, 0.3) is 5.91 Å². The number of fused-ring (bicyclic) bond motifs is 1. The zero-order chi connectivity index (χ0) is 18.3. The second-order valence-electron chi connectivity index (χ2n) is 5.93. The van der Waals surface area contributed by atoms with Crippen LogP contribution in [0.15, 0.2) is 59.6 Å². The maximum atomic E-state index is 13.0. The lowest BCUT2D eigenvalue weighted by Gasteiger charge is -2.15.